The molecule has 0 saturated carbocycles. The molecule has 0 aromatic heterocycles. The Morgan fingerprint density at radius 3 is 1.57 bits per heavy atom. The van der Waals surface area contributed by atoms with Crippen molar-refractivity contribution in [3.63, 3.8) is 0 Å². The van der Waals surface area contributed by atoms with Crippen molar-refractivity contribution in [2.24, 2.45) is 5.73 Å². The van der Waals surface area contributed by atoms with Crippen LogP contribution in [0.4, 0.5) is 0 Å². The second-order valence-corrected chi connectivity index (χ2v) is 15.8. The van der Waals surface area contributed by atoms with Gasteiger partial charge in [0, 0.05) is 6.54 Å². The van der Waals surface area contributed by atoms with E-state index in [0.29, 0.717) is 6.42 Å². The average Bonchev–Trinajstić information content (AvgIpc) is 3.10. The summed E-state index contributed by atoms with van der Waals surface area (Å²) in [5, 5.41) is 24.0. The molecule has 0 aromatic carbocycles. The van der Waals surface area contributed by atoms with Crippen LogP contribution in [0, 0.1) is 0 Å². The van der Waals surface area contributed by atoms with Gasteiger partial charge >= 0.3 is 7.82 Å². The number of nitrogens with one attached hydrogen (secondary N) is 1. The SMILES string of the molecule is CCCCCCCCCCC/C=C\CCCCCCCC(O)CC(=O)NC(COP(=O)(O)OCCN)C(O)/C=C/CCCCCCCCCCC. The first-order valence-electron chi connectivity index (χ1n) is 21.0. The van der Waals surface area contributed by atoms with E-state index in [4.69, 9.17) is 14.8 Å². The van der Waals surface area contributed by atoms with Crippen LogP contribution < -0.4 is 11.1 Å². The van der Waals surface area contributed by atoms with E-state index >= 15 is 0 Å². The van der Waals surface area contributed by atoms with Crippen molar-refractivity contribution < 1.29 is 33.5 Å². The Labute approximate surface area is 313 Å². The maximum absolute atomic E-state index is 12.8. The number of unbranched alkanes of at least 4 members (excludes halogenated alkanes) is 23. The number of phosphoric acid groups is 1. The maximum Gasteiger partial charge on any atom is 0.472 e. The summed E-state index contributed by atoms with van der Waals surface area (Å²) >= 11 is 0. The van der Waals surface area contributed by atoms with Crippen molar-refractivity contribution in [3.05, 3.63) is 24.3 Å². The van der Waals surface area contributed by atoms with Crippen LogP contribution in [0.15, 0.2) is 24.3 Å². The fraction of sp³-hybridized carbons (Fsp3) is 0.878. The van der Waals surface area contributed by atoms with Crippen molar-refractivity contribution in [1.29, 1.82) is 0 Å². The quantitative estimate of drug-likeness (QED) is 0.0237. The van der Waals surface area contributed by atoms with Gasteiger partial charge in [-0.3, -0.25) is 13.8 Å². The predicted octanol–water partition coefficient (Wildman–Crippen LogP) is 10.4. The van der Waals surface area contributed by atoms with E-state index in [1.807, 2.05) is 6.08 Å². The van der Waals surface area contributed by atoms with Crippen molar-refractivity contribution in [2.45, 2.75) is 212 Å². The molecular formula is C41H81N2O7P. The van der Waals surface area contributed by atoms with E-state index < -0.39 is 38.6 Å². The van der Waals surface area contributed by atoms with Crippen LogP contribution in [-0.2, 0) is 18.4 Å². The molecule has 0 aliphatic rings. The van der Waals surface area contributed by atoms with Crippen LogP contribution >= 0.6 is 7.82 Å². The molecule has 302 valence electrons. The summed E-state index contributed by atoms with van der Waals surface area (Å²) < 4.78 is 22.0. The smallest absolute Gasteiger partial charge is 0.393 e. The lowest BCUT2D eigenvalue weighted by Crippen LogP contribution is -2.46. The molecule has 0 radical (unpaired) electrons. The molecule has 0 saturated heterocycles. The van der Waals surface area contributed by atoms with Crippen LogP contribution in [0.25, 0.3) is 0 Å². The van der Waals surface area contributed by atoms with Gasteiger partial charge in [-0.25, -0.2) is 4.57 Å². The van der Waals surface area contributed by atoms with E-state index in [2.05, 4.69) is 31.3 Å². The summed E-state index contributed by atoms with van der Waals surface area (Å²) in [6.07, 6.45) is 38.3. The molecule has 4 unspecified atom stereocenters. The number of carbonyl (C=O) groups is 1. The van der Waals surface area contributed by atoms with Crippen LogP contribution in [0.2, 0.25) is 0 Å². The minimum absolute atomic E-state index is 0.0486. The van der Waals surface area contributed by atoms with Gasteiger partial charge in [0.1, 0.15) is 0 Å². The number of rotatable bonds is 39. The molecule has 51 heavy (non-hydrogen) atoms. The van der Waals surface area contributed by atoms with Crippen molar-refractivity contribution >= 4 is 13.7 Å². The summed E-state index contributed by atoms with van der Waals surface area (Å²) in [7, 11) is -4.39. The van der Waals surface area contributed by atoms with Gasteiger partial charge < -0.3 is 26.2 Å². The van der Waals surface area contributed by atoms with E-state index in [1.165, 1.54) is 116 Å². The molecule has 0 rings (SSSR count). The lowest BCUT2D eigenvalue weighted by molar-refractivity contribution is -0.124. The molecule has 0 fully saturated rings. The molecule has 1 amide bonds. The Kier molecular flexibility index (Phi) is 36.5. The van der Waals surface area contributed by atoms with Gasteiger partial charge in [-0.05, 0) is 44.9 Å². The van der Waals surface area contributed by atoms with E-state index in [9.17, 15) is 24.5 Å². The predicted molar refractivity (Wildman–Crippen MR) is 214 cm³/mol. The highest BCUT2D eigenvalue weighted by atomic mass is 31.2. The Hall–Kier alpha value is -1.06. The first-order valence-corrected chi connectivity index (χ1v) is 22.5. The molecule has 0 spiro atoms. The van der Waals surface area contributed by atoms with Crippen LogP contribution in [0.5, 0.6) is 0 Å². The molecule has 0 heterocycles. The Bertz CT molecular complexity index is 873. The maximum atomic E-state index is 12.8. The standard InChI is InChI=1S/C41H81N2O7P/c1-3-5-7-9-11-13-15-16-17-18-19-20-21-23-24-26-28-30-32-38(44)36-41(46)43-39(37-50-51(47,48)49-35-34-42)40(45)33-31-29-27-25-22-14-12-10-8-6-4-2/h19-20,31,33,38-40,44-45H,3-18,21-30,32,34-37,42H2,1-2H3,(H,43,46)(H,47,48)/b20-19-,33-31+. The number of aliphatic hydroxyl groups is 2. The molecule has 9 nitrogen and oxygen atoms in total. The van der Waals surface area contributed by atoms with Gasteiger partial charge in [0.2, 0.25) is 5.91 Å². The number of hydrogen-bond donors (Lipinski definition) is 5. The number of allylic oxidation sites excluding steroid dienone is 3. The van der Waals surface area contributed by atoms with E-state index in [1.54, 1.807) is 6.08 Å². The minimum atomic E-state index is -4.39. The molecule has 0 aliphatic heterocycles. The van der Waals surface area contributed by atoms with Gasteiger partial charge in [-0.2, -0.15) is 0 Å². The number of carbonyl (C=O) groups excluding carboxylic acids is 1. The molecule has 0 bridgehead atoms. The largest absolute Gasteiger partial charge is 0.472 e. The molecule has 0 aromatic rings. The Balaban J connectivity index is 4.29. The molecule has 0 aliphatic carbocycles. The molecule has 6 N–H and O–H groups in total. The number of nitrogens with two attached hydrogens (primary N) is 1. The third-order valence-electron chi connectivity index (χ3n) is 9.33. The monoisotopic (exact) mass is 745 g/mol. The van der Waals surface area contributed by atoms with Crippen molar-refractivity contribution in [3.8, 4) is 0 Å². The van der Waals surface area contributed by atoms with Gasteiger partial charge in [-0.15, -0.1) is 0 Å². The molecular weight excluding hydrogens is 663 g/mol. The third kappa shape index (κ3) is 35.7. The number of aliphatic hydroxyl groups excluding tert-OH is 2. The van der Waals surface area contributed by atoms with Crippen LogP contribution in [-0.4, -0.2) is 59.0 Å². The van der Waals surface area contributed by atoms with Crippen molar-refractivity contribution in [2.75, 3.05) is 19.8 Å². The number of hydrogen-bond acceptors (Lipinski definition) is 7. The van der Waals surface area contributed by atoms with Gasteiger partial charge in [-0.1, -0.05) is 167 Å². The highest BCUT2D eigenvalue weighted by Crippen LogP contribution is 2.43. The summed E-state index contributed by atoms with van der Waals surface area (Å²) in [4.78, 5) is 22.7. The zero-order chi connectivity index (χ0) is 37.7. The second kappa shape index (κ2) is 37.3. The van der Waals surface area contributed by atoms with Crippen LogP contribution in [0.1, 0.15) is 194 Å². The normalized spacial score (nSPS) is 15.0. The van der Waals surface area contributed by atoms with E-state index in [-0.39, 0.29) is 19.6 Å². The lowest BCUT2D eigenvalue weighted by atomic mass is 10.0. The lowest BCUT2D eigenvalue weighted by Gasteiger charge is -2.24. The topological polar surface area (TPSA) is 151 Å². The van der Waals surface area contributed by atoms with E-state index in [0.717, 1.165) is 51.4 Å². The highest BCUT2D eigenvalue weighted by Gasteiger charge is 2.27. The number of phosphoric ester groups is 1. The molecule has 4 atom stereocenters. The summed E-state index contributed by atoms with van der Waals surface area (Å²) in [6.45, 7) is 3.95. The fourth-order valence-electron chi connectivity index (χ4n) is 6.11. The molecule has 10 heteroatoms. The first kappa shape index (κ1) is 49.9. The van der Waals surface area contributed by atoms with Crippen LogP contribution in [0.3, 0.4) is 0 Å². The summed E-state index contributed by atoms with van der Waals surface area (Å²) in [6, 6.07) is -0.981. The fourth-order valence-corrected chi connectivity index (χ4v) is 6.87. The second-order valence-electron chi connectivity index (χ2n) is 14.4. The van der Waals surface area contributed by atoms with Gasteiger partial charge in [0.25, 0.3) is 0 Å². The van der Waals surface area contributed by atoms with Gasteiger partial charge in [0.15, 0.2) is 0 Å². The highest BCUT2D eigenvalue weighted by molar-refractivity contribution is 7.47. The first-order chi connectivity index (χ1) is 24.8. The summed E-state index contributed by atoms with van der Waals surface area (Å²) in [5.74, 6) is -0.452. The average molecular weight is 745 g/mol. The zero-order valence-electron chi connectivity index (χ0n) is 33.0. The van der Waals surface area contributed by atoms with Gasteiger partial charge in [0.05, 0.1) is 37.9 Å². The zero-order valence-corrected chi connectivity index (χ0v) is 33.9. The minimum Gasteiger partial charge on any atom is -0.393 e. The third-order valence-corrected chi connectivity index (χ3v) is 10.3. The number of amides is 1. The summed E-state index contributed by atoms with van der Waals surface area (Å²) in [5.41, 5.74) is 5.35. The van der Waals surface area contributed by atoms with Crippen molar-refractivity contribution in [1.82, 2.24) is 5.32 Å². The Morgan fingerprint density at radius 1 is 0.667 bits per heavy atom. The Morgan fingerprint density at radius 2 is 1.10 bits per heavy atom.